The SMILES string of the molecule is Cc1ccc(/C(=C/Cn2cccnc2=O)c2ccc(C(C)(C)C)cc2)[nH]c1=O. The van der Waals surface area contributed by atoms with E-state index in [0.717, 1.165) is 16.8 Å². The van der Waals surface area contributed by atoms with E-state index in [1.807, 2.05) is 18.2 Å². The molecule has 3 rings (SSSR count). The number of pyridine rings is 1. The van der Waals surface area contributed by atoms with Gasteiger partial charge in [0.15, 0.2) is 0 Å². The number of nitrogens with one attached hydrogen (secondary N) is 1. The predicted octanol–water partition coefficient (Wildman–Crippen LogP) is 3.67. The molecule has 2 aromatic heterocycles. The lowest BCUT2D eigenvalue weighted by atomic mass is 9.86. The Morgan fingerprint density at radius 2 is 1.82 bits per heavy atom. The molecule has 0 radical (unpaired) electrons. The summed E-state index contributed by atoms with van der Waals surface area (Å²) < 4.78 is 1.52. The Labute approximate surface area is 164 Å². The number of H-pyrrole nitrogens is 1. The second kappa shape index (κ2) is 7.80. The molecule has 0 amide bonds. The number of hydrogen-bond donors (Lipinski definition) is 1. The number of allylic oxidation sites excluding steroid dienone is 1. The number of rotatable bonds is 4. The second-order valence-electron chi connectivity index (χ2n) is 7.88. The van der Waals surface area contributed by atoms with E-state index in [-0.39, 0.29) is 16.7 Å². The standard InChI is InChI=1S/C23H25N3O2/c1-16-6-11-20(25-21(16)27)19(12-15-26-14-5-13-24-22(26)28)17-7-9-18(10-8-17)23(2,3)4/h5-14H,15H2,1-4H3,(H,25,27)/b19-12+. The van der Waals surface area contributed by atoms with E-state index in [0.29, 0.717) is 12.1 Å². The fraction of sp³-hybridized carbons (Fsp3) is 0.261. The summed E-state index contributed by atoms with van der Waals surface area (Å²) in [6, 6.07) is 13.7. The minimum absolute atomic E-state index is 0.0591. The largest absolute Gasteiger partial charge is 0.347 e. The van der Waals surface area contributed by atoms with Crippen molar-refractivity contribution < 1.29 is 0 Å². The van der Waals surface area contributed by atoms with Crippen LogP contribution in [0, 0.1) is 6.92 Å². The molecule has 1 aromatic carbocycles. The van der Waals surface area contributed by atoms with Crippen LogP contribution in [0.3, 0.4) is 0 Å². The van der Waals surface area contributed by atoms with E-state index in [9.17, 15) is 9.59 Å². The third-order valence-corrected chi connectivity index (χ3v) is 4.73. The van der Waals surface area contributed by atoms with E-state index < -0.39 is 0 Å². The van der Waals surface area contributed by atoms with Gasteiger partial charge in [-0.25, -0.2) is 9.78 Å². The van der Waals surface area contributed by atoms with Gasteiger partial charge in [-0.3, -0.25) is 9.36 Å². The third-order valence-electron chi connectivity index (χ3n) is 4.73. The first kappa shape index (κ1) is 19.5. The van der Waals surface area contributed by atoms with Gasteiger partial charge in [0.2, 0.25) is 0 Å². The molecule has 0 aliphatic heterocycles. The number of aromatic nitrogens is 3. The van der Waals surface area contributed by atoms with Crippen LogP contribution in [-0.4, -0.2) is 14.5 Å². The van der Waals surface area contributed by atoms with Crippen molar-refractivity contribution in [2.75, 3.05) is 0 Å². The topological polar surface area (TPSA) is 67.8 Å². The molecule has 2 heterocycles. The number of nitrogens with zero attached hydrogens (tertiary/aromatic N) is 2. The predicted molar refractivity (Wildman–Crippen MR) is 113 cm³/mol. The molecule has 3 aromatic rings. The monoisotopic (exact) mass is 375 g/mol. The molecule has 1 N–H and O–H groups in total. The smallest absolute Gasteiger partial charge is 0.322 e. The van der Waals surface area contributed by atoms with Crippen molar-refractivity contribution >= 4 is 5.57 Å². The number of aromatic amines is 1. The lowest BCUT2D eigenvalue weighted by Gasteiger charge is -2.19. The first-order valence-corrected chi connectivity index (χ1v) is 9.28. The minimum atomic E-state index is -0.307. The first-order valence-electron chi connectivity index (χ1n) is 9.28. The van der Waals surface area contributed by atoms with Gasteiger partial charge in [-0.1, -0.05) is 57.2 Å². The second-order valence-corrected chi connectivity index (χ2v) is 7.88. The Balaban J connectivity index is 2.07. The fourth-order valence-electron chi connectivity index (χ4n) is 2.95. The maximum atomic E-state index is 12.1. The van der Waals surface area contributed by atoms with Crippen LogP contribution < -0.4 is 11.2 Å². The lowest BCUT2D eigenvalue weighted by molar-refractivity contribution is 0.590. The molecule has 0 aliphatic rings. The van der Waals surface area contributed by atoms with E-state index in [1.165, 1.54) is 16.3 Å². The van der Waals surface area contributed by atoms with Crippen molar-refractivity contribution in [2.24, 2.45) is 0 Å². The fourth-order valence-corrected chi connectivity index (χ4v) is 2.95. The molecule has 0 spiro atoms. The number of hydrogen-bond acceptors (Lipinski definition) is 3. The van der Waals surface area contributed by atoms with Crippen molar-refractivity contribution in [3.8, 4) is 0 Å². The molecule has 5 heteroatoms. The van der Waals surface area contributed by atoms with Gasteiger partial charge in [-0.05, 0) is 35.6 Å². The molecule has 5 nitrogen and oxygen atoms in total. The Bertz CT molecular complexity index is 1110. The zero-order valence-electron chi connectivity index (χ0n) is 16.7. The summed E-state index contributed by atoms with van der Waals surface area (Å²) in [6.45, 7) is 8.65. The van der Waals surface area contributed by atoms with Crippen LogP contribution in [0.25, 0.3) is 5.57 Å². The highest BCUT2D eigenvalue weighted by Gasteiger charge is 2.14. The summed E-state index contributed by atoms with van der Waals surface area (Å²) >= 11 is 0. The Morgan fingerprint density at radius 3 is 2.43 bits per heavy atom. The third kappa shape index (κ3) is 4.36. The molecule has 0 bridgehead atoms. The minimum Gasteiger partial charge on any atom is -0.322 e. The normalized spacial score (nSPS) is 12.2. The molecule has 0 atom stereocenters. The summed E-state index contributed by atoms with van der Waals surface area (Å²) in [5.74, 6) is 0. The van der Waals surface area contributed by atoms with Gasteiger partial charge in [0.25, 0.3) is 5.56 Å². The van der Waals surface area contributed by atoms with Gasteiger partial charge in [0.1, 0.15) is 0 Å². The maximum absolute atomic E-state index is 12.1. The highest BCUT2D eigenvalue weighted by atomic mass is 16.1. The molecule has 0 saturated carbocycles. The molecule has 144 valence electrons. The molecule has 0 saturated heterocycles. The average molecular weight is 375 g/mol. The summed E-state index contributed by atoms with van der Waals surface area (Å²) in [4.78, 5) is 30.8. The zero-order chi connectivity index (χ0) is 20.3. The van der Waals surface area contributed by atoms with Gasteiger partial charge >= 0.3 is 5.69 Å². The van der Waals surface area contributed by atoms with Crippen LogP contribution in [0.4, 0.5) is 0 Å². The van der Waals surface area contributed by atoms with Crippen molar-refractivity contribution in [3.05, 3.63) is 104 Å². The Morgan fingerprint density at radius 1 is 1.11 bits per heavy atom. The van der Waals surface area contributed by atoms with Crippen LogP contribution in [0.15, 0.2) is 70.5 Å². The number of aryl methyl sites for hydroxylation is 1. The molecular weight excluding hydrogens is 350 g/mol. The lowest BCUT2D eigenvalue weighted by Crippen LogP contribution is -2.21. The van der Waals surface area contributed by atoms with Gasteiger partial charge in [-0.15, -0.1) is 0 Å². The van der Waals surface area contributed by atoms with Gasteiger partial charge in [-0.2, -0.15) is 0 Å². The first-order chi connectivity index (χ1) is 13.3. The van der Waals surface area contributed by atoms with Crippen molar-refractivity contribution in [1.82, 2.24) is 14.5 Å². The molecule has 0 unspecified atom stereocenters. The van der Waals surface area contributed by atoms with Crippen LogP contribution in [-0.2, 0) is 12.0 Å². The van der Waals surface area contributed by atoms with Crippen molar-refractivity contribution in [1.29, 1.82) is 0 Å². The van der Waals surface area contributed by atoms with E-state index in [1.54, 1.807) is 19.2 Å². The summed E-state index contributed by atoms with van der Waals surface area (Å²) in [6.07, 6.45) is 5.12. The van der Waals surface area contributed by atoms with Crippen molar-refractivity contribution in [2.45, 2.75) is 39.7 Å². The molecular formula is C23H25N3O2. The maximum Gasteiger partial charge on any atom is 0.347 e. The molecule has 0 fully saturated rings. The Hall–Kier alpha value is -3.21. The quantitative estimate of drug-likeness (QED) is 0.756. The highest BCUT2D eigenvalue weighted by molar-refractivity contribution is 5.78. The molecule has 0 aliphatic carbocycles. The van der Waals surface area contributed by atoms with E-state index in [4.69, 9.17) is 0 Å². The number of benzene rings is 1. The van der Waals surface area contributed by atoms with E-state index >= 15 is 0 Å². The van der Waals surface area contributed by atoms with Crippen molar-refractivity contribution in [3.63, 3.8) is 0 Å². The van der Waals surface area contributed by atoms with Gasteiger partial charge in [0.05, 0.1) is 0 Å². The summed E-state index contributed by atoms with van der Waals surface area (Å²) in [7, 11) is 0. The average Bonchev–Trinajstić information content (AvgIpc) is 2.66. The van der Waals surface area contributed by atoms with Gasteiger partial charge < -0.3 is 4.98 Å². The van der Waals surface area contributed by atoms with Crippen LogP contribution >= 0.6 is 0 Å². The highest BCUT2D eigenvalue weighted by Crippen LogP contribution is 2.26. The summed E-state index contributed by atoms with van der Waals surface area (Å²) in [5, 5.41) is 0. The van der Waals surface area contributed by atoms with Crippen LogP contribution in [0.2, 0.25) is 0 Å². The zero-order valence-corrected chi connectivity index (χ0v) is 16.7. The Kier molecular flexibility index (Phi) is 5.45. The van der Waals surface area contributed by atoms with Crippen LogP contribution in [0.5, 0.6) is 0 Å². The van der Waals surface area contributed by atoms with E-state index in [2.05, 4.69) is 55.0 Å². The van der Waals surface area contributed by atoms with Crippen LogP contribution in [0.1, 0.15) is 43.2 Å². The molecule has 28 heavy (non-hydrogen) atoms. The summed E-state index contributed by atoms with van der Waals surface area (Å²) in [5.41, 5.74) is 4.09. The van der Waals surface area contributed by atoms with Gasteiger partial charge in [0, 0.05) is 35.8 Å².